The summed E-state index contributed by atoms with van der Waals surface area (Å²) in [5.74, 6) is 0.754. The SMILES string of the molecule is O=C(CNc1ncnc2ccccc12)N1CCCc2ccccc21. The summed E-state index contributed by atoms with van der Waals surface area (Å²) in [6.07, 6.45) is 3.55. The minimum Gasteiger partial charge on any atom is -0.360 e. The van der Waals surface area contributed by atoms with Crippen molar-refractivity contribution in [3.63, 3.8) is 0 Å². The highest BCUT2D eigenvalue weighted by Gasteiger charge is 2.21. The van der Waals surface area contributed by atoms with Crippen LogP contribution in [0.25, 0.3) is 10.9 Å². The molecule has 0 fully saturated rings. The van der Waals surface area contributed by atoms with E-state index in [1.807, 2.05) is 47.4 Å². The first-order chi connectivity index (χ1) is 11.8. The molecule has 5 nitrogen and oxygen atoms in total. The number of benzene rings is 2. The first-order valence-electron chi connectivity index (χ1n) is 8.15. The van der Waals surface area contributed by atoms with Crippen molar-refractivity contribution in [1.82, 2.24) is 9.97 Å². The van der Waals surface area contributed by atoms with Gasteiger partial charge in [0, 0.05) is 17.6 Å². The predicted octanol–water partition coefficient (Wildman–Crippen LogP) is 3.02. The van der Waals surface area contributed by atoms with Gasteiger partial charge in [-0.2, -0.15) is 0 Å². The predicted molar refractivity (Wildman–Crippen MR) is 95.1 cm³/mol. The number of carbonyl (C=O) groups is 1. The number of para-hydroxylation sites is 2. The van der Waals surface area contributed by atoms with Gasteiger partial charge < -0.3 is 10.2 Å². The first kappa shape index (κ1) is 14.6. The number of nitrogens with one attached hydrogen (secondary N) is 1. The van der Waals surface area contributed by atoms with E-state index in [2.05, 4.69) is 21.4 Å². The molecule has 2 heterocycles. The van der Waals surface area contributed by atoms with Gasteiger partial charge in [-0.15, -0.1) is 0 Å². The number of hydrogen-bond donors (Lipinski definition) is 1. The second-order valence-electron chi connectivity index (χ2n) is 5.87. The van der Waals surface area contributed by atoms with Crippen molar-refractivity contribution >= 4 is 28.3 Å². The van der Waals surface area contributed by atoms with Crippen LogP contribution in [0.2, 0.25) is 0 Å². The van der Waals surface area contributed by atoms with Crippen LogP contribution < -0.4 is 10.2 Å². The summed E-state index contributed by atoms with van der Waals surface area (Å²) in [5.41, 5.74) is 3.14. The molecule has 0 atom stereocenters. The van der Waals surface area contributed by atoms with Crippen molar-refractivity contribution in [2.24, 2.45) is 0 Å². The zero-order valence-electron chi connectivity index (χ0n) is 13.3. The molecule has 1 aliphatic rings. The molecule has 1 amide bonds. The normalized spacial score (nSPS) is 13.6. The van der Waals surface area contributed by atoms with Crippen LogP contribution >= 0.6 is 0 Å². The summed E-state index contributed by atoms with van der Waals surface area (Å²) in [6.45, 7) is 0.984. The van der Waals surface area contributed by atoms with Crippen LogP contribution in [-0.2, 0) is 11.2 Å². The van der Waals surface area contributed by atoms with E-state index in [4.69, 9.17) is 0 Å². The molecular weight excluding hydrogens is 300 g/mol. The lowest BCUT2D eigenvalue weighted by Gasteiger charge is -2.29. The number of nitrogens with zero attached hydrogens (tertiary/aromatic N) is 3. The fourth-order valence-electron chi connectivity index (χ4n) is 3.19. The second-order valence-corrected chi connectivity index (χ2v) is 5.87. The third-order valence-corrected chi connectivity index (χ3v) is 4.36. The van der Waals surface area contributed by atoms with Gasteiger partial charge in [0.25, 0.3) is 0 Å². The van der Waals surface area contributed by atoms with E-state index in [0.29, 0.717) is 5.82 Å². The summed E-state index contributed by atoms with van der Waals surface area (Å²) in [7, 11) is 0. The topological polar surface area (TPSA) is 58.1 Å². The largest absolute Gasteiger partial charge is 0.360 e. The molecule has 0 radical (unpaired) electrons. The van der Waals surface area contributed by atoms with Gasteiger partial charge in [-0.25, -0.2) is 9.97 Å². The monoisotopic (exact) mass is 318 g/mol. The number of carbonyl (C=O) groups excluding carboxylic acids is 1. The van der Waals surface area contributed by atoms with Crippen LogP contribution in [0.4, 0.5) is 11.5 Å². The molecule has 0 spiro atoms. The molecule has 0 bridgehead atoms. The Balaban J connectivity index is 1.53. The van der Waals surface area contributed by atoms with E-state index in [9.17, 15) is 4.79 Å². The Hall–Kier alpha value is -2.95. The Labute approximate surface area is 140 Å². The number of aryl methyl sites for hydroxylation is 1. The van der Waals surface area contributed by atoms with Gasteiger partial charge in [-0.05, 0) is 36.6 Å². The molecule has 0 saturated carbocycles. The summed E-state index contributed by atoms with van der Waals surface area (Å²) in [6, 6.07) is 15.9. The van der Waals surface area contributed by atoms with Gasteiger partial charge in [0.15, 0.2) is 0 Å². The fourth-order valence-corrected chi connectivity index (χ4v) is 3.19. The second kappa shape index (κ2) is 6.28. The number of aromatic nitrogens is 2. The van der Waals surface area contributed by atoms with Crippen molar-refractivity contribution < 1.29 is 4.79 Å². The highest BCUT2D eigenvalue weighted by Crippen LogP contribution is 2.27. The number of anilines is 2. The molecule has 0 saturated heterocycles. The quantitative estimate of drug-likeness (QED) is 0.806. The smallest absolute Gasteiger partial charge is 0.246 e. The molecule has 24 heavy (non-hydrogen) atoms. The van der Waals surface area contributed by atoms with Gasteiger partial charge in [0.05, 0.1) is 12.1 Å². The fraction of sp³-hybridized carbons (Fsp3) is 0.211. The van der Waals surface area contributed by atoms with E-state index < -0.39 is 0 Å². The van der Waals surface area contributed by atoms with Gasteiger partial charge in [-0.3, -0.25) is 4.79 Å². The standard InChI is InChI=1S/C19H18N4O/c24-18(23-11-5-7-14-6-1-4-10-17(14)23)12-20-19-15-8-2-3-9-16(15)21-13-22-19/h1-4,6,8-10,13H,5,7,11-12H2,(H,20,21,22). The molecule has 4 rings (SSSR count). The molecule has 3 aromatic rings. The molecule has 0 aliphatic carbocycles. The Bertz CT molecular complexity index is 888. The zero-order valence-corrected chi connectivity index (χ0v) is 13.3. The first-order valence-corrected chi connectivity index (χ1v) is 8.15. The molecule has 1 aliphatic heterocycles. The average molecular weight is 318 g/mol. The van der Waals surface area contributed by atoms with Crippen molar-refractivity contribution in [3.05, 3.63) is 60.4 Å². The highest BCUT2D eigenvalue weighted by molar-refractivity contribution is 5.98. The Morgan fingerprint density at radius 2 is 1.92 bits per heavy atom. The molecule has 120 valence electrons. The maximum atomic E-state index is 12.7. The number of hydrogen-bond acceptors (Lipinski definition) is 4. The van der Waals surface area contributed by atoms with Gasteiger partial charge in [-0.1, -0.05) is 30.3 Å². The summed E-state index contributed by atoms with van der Waals surface area (Å²) < 4.78 is 0. The molecule has 1 N–H and O–H groups in total. The van der Waals surface area contributed by atoms with Crippen LogP contribution in [0.15, 0.2) is 54.9 Å². The van der Waals surface area contributed by atoms with Crippen LogP contribution in [0.5, 0.6) is 0 Å². The molecular formula is C19H18N4O. The lowest BCUT2D eigenvalue weighted by Crippen LogP contribution is -2.39. The van der Waals surface area contributed by atoms with Gasteiger partial charge >= 0.3 is 0 Å². The summed E-state index contributed by atoms with van der Waals surface area (Å²) in [4.78, 5) is 23.1. The Kier molecular flexibility index (Phi) is 3.83. The minimum atomic E-state index is 0.0600. The van der Waals surface area contributed by atoms with Crippen molar-refractivity contribution in [3.8, 4) is 0 Å². The number of fused-ring (bicyclic) bond motifs is 2. The maximum absolute atomic E-state index is 12.7. The van der Waals surface area contributed by atoms with E-state index >= 15 is 0 Å². The summed E-state index contributed by atoms with van der Waals surface area (Å²) >= 11 is 0. The molecule has 2 aromatic carbocycles. The van der Waals surface area contributed by atoms with Crippen molar-refractivity contribution in [2.45, 2.75) is 12.8 Å². The maximum Gasteiger partial charge on any atom is 0.246 e. The van der Waals surface area contributed by atoms with Crippen LogP contribution in [0.3, 0.4) is 0 Å². The minimum absolute atomic E-state index is 0.0600. The van der Waals surface area contributed by atoms with Crippen molar-refractivity contribution in [1.29, 1.82) is 0 Å². The van der Waals surface area contributed by atoms with Gasteiger partial charge in [0.2, 0.25) is 5.91 Å². The zero-order chi connectivity index (χ0) is 16.4. The number of amides is 1. The lowest BCUT2D eigenvalue weighted by molar-refractivity contribution is -0.117. The van der Waals surface area contributed by atoms with Crippen LogP contribution in [0.1, 0.15) is 12.0 Å². The average Bonchev–Trinajstić information content (AvgIpc) is 2.65. The lowest BCUT2D eigenvalue weighted by atomic mass is 10.0. The van der Waals surface area contributed by atoms with Crippen LogP contribution in [0, 0.1) is 0 Å². The Morgan fingerprint density at radius 1 is 1.08 bits per heavy atom. The van der Waals surface area contributed by atoms with Gasteiger partial charge in [0.1, 0.15) is 12.1 Å². The third-order valence-electron chi connectivity index (χ3n) is 4.36. The number of rotatable bonds is 3. The van der Waals surface area contributed by atoms with Crippen molar-refractivity contribution in [2.75, 3.05) is 23.3 Å². The highest BCUT2D eigenvalue weighted by atomic mass is 16.2. The third kappa shape index (κ3) is 2.69. The molecule has 0 unspecified atom stereocenters. The molecule has 1 aromatic heterocycles. The van der Waals surface area contributed by atoms with E-state index in [1.165, 1.54) is 11.9 Å². The van der Waals surface area contributed by atoms with E-state index in [1.54, 1.807) is 0 Å². The molecule has 5 heteroatoms. The van der Waals surface area contributed by atoms with E-state index in [0.717, 1.165) is 36.0 Å². The summed E-state index contributed by atoms with van der Waals surface area (Å²) in [5, 5.41) is 4.10. The van der Waals surface area contributed by atoms with Crippen LogP contribution in [-0.4, -0.2) is 29.0 Å². The van der Waals surface area contributed by atoms with E-state index in [-0.39, 0.29) is 12.5 Å². The Morgan fingerprint density at radius 3 is 2.88 bits per heavy atom.